The SMILES string of the molecule is CC(C)Cn1c(N)c(N2CCCC(C)(O)C2)c(=O)[nH]c1=O. The summed E-state index contributed by atoms with van der Waals surface area (Å²) in [6, 6.07) is 0. The van der Waals surface area contributed by atoms with E-state index in [-0.39, 0.29) is 17.4 Å². The highest BCUT2D eigenvalue weighted by Gasteiger charge is 2.31. The first-order chi connectivity index (χ1) is 9.71. The van der Waals surface area contributed by atoms with Crippen LogP contribution in [-0.2, 0) is 6.54 Å². The van der Waals surface area contributed by atoms with Crippen molar-refractivity contribution in [3.05, 3.63) is 20.8 Å². The Kier molecular flexibility index (Phi) is 4.13. The predicted octanol–water partition coefficient (Wildman–Crippen LogP) is 0.126. The third-order valence-electron chi connectivity index (χ3n) is 3.75. The lowest BCUT2D eigenvalue weighted by atomic mass is 9.95. The predicted molar refractivity (Wildman–Crippen MR) is 82.6 cm³/mol. The molecule has 0 radical (unpaired) electrons. The monoisotopic (exact) mass is 296 g/mol. The van der Waals surface area contributed by atoms with Gasteiger partial charge in [0.15, 0.2) is 0 Å². The number of rotatable bonds is 3. The van der Waals surface area contributed by atoms with Crippen molar-refractivity contribution in [2.24, 2.45) is 5.92 Å². The van der Waals surface area contributed by atoms with E-state index in [9.17, 15) is 14.7 Å². The summed E-state index contributed by atoms with van der Waals surface area (Å²) >= 11 is 0. The zero-order chi connectivity index (χ0) is 15.8. The van der Waals surface area contributed by atoms with Crippen molar-refractivity contribution in [3.8, 4) is 0 Å². The summed E-state index contributed by atoms with van der Waals surface area (Å²) in [7, 11) is 0. The van der Waals surface area contributed by atoms with Crippen LogP contribution in [-0.4, -0.2) is 33.3 Å². The highest BCUT2D eigenvalue weighted by atomic mass is 16.3. The molecule has 7 heteroatoms. The summed E-state index contributed by atoms with van der Waals surface area (Å²) < 4.78 is 1.39. The average Bonchev–Trinajstić information content (AvgIpc) is 2.33. The molecule has 1 aromatic rings. The molecule has 0 aliphatic carbocycles. The Morgan fingerprint density at radius 1 is 1.43 bits per heavy atom. The Morgan fingerprint density at radius 2 is 2.10 bits per heavy atom. The molecule has 2 rings (SSSR count). The Bertz CT molecular complexity index is 630. The average molecular weight is 296 g/mol. The molecular weight excluding hydrogens is 272 g/mol. The number of H-pyrrole nitrogens is 1. The van der Waals surface area contributed by atoms with Gasteiger partial charge in [-0.2, -0.15) is 0 Å². The Morgan fingerprint density at radius 3 is 2.67 bits per heavy atom. The fraction of sp³-hybridized carbons (Fsp3) is 0.714. The summed E-state index contributed by atoms with van der Waals surface area (Å²) in [5.74, 6) is 0.406. The van der Waals surface area contributed by atoms with Gasteiger partial charge in [0.1, 0.15) is 11.5 Å². The number of anilines is 2. The lowest BCUT2D eigenvalue weighted by molar-refractivity contribution is 0.0448. The molecular formula is C14H24N4O3. The minimum atomic E-state index is -0.851. The lowest BCUT2D eigenvalue weighted by Crippen LogP contribution is -2.49. The van der Waals surface area contributed by atoms with Gasteiger partial charge in [-0.25, -0.2) is 4.79 Å². The number of nitrogens with zero attached hydrogens (tertiary/aromatic N) is 2. The second-order valence-corrected chi connectivity index (χ2v) is 6.52. The number of piperidine rings is 1. The van der Waals surface area contributed by atoms with Crippen LogP contribution in [0.4, 0.5) is 11.5 Å². The van der Waals surface area contributed by atoms with E-state index in [2.05, 4.69) is 4.98 Å². The zero-order valence-corrected chi connectivity index (χ0v) is 12.8. The first kappa shape index (κ1) is 15.6. The van der Waals surface area contributed by atoms with Crippen LogP contribution in [0.1, 0.15) is 33.6 Å². The van der Waals surface area contributed by atoms with Crippen molar-refractivity contribution in [2.75, 3.05) is 23.7 Å². The maximum Gasteiger partial charge on any atom is 0.330 e. The molecule has 1 atom stereocenters. The van der Waals surface area contributed by atoms with Crippen molar-refractivity contribution in [3.63, 3.8) is 0 Å². The van der Waals surface area contributed by atoms with Gasteiger partial charge in [-0.15, -0.1) is 0 Å². The molecule has 2 heterocycles. The number of β-amino-alcohol motifs (C(OH)–C–C–N with tert-alkyl or cyclic N) is 1. The van der Waals surface area contributed by atoms with Crippen LogP contribution in [0.3, 0.4) is 0 Å². The number of nitrogens with two attached hydrogens (primary N) is 1. The molecule has 0 amide bonds. The van der Waals surface area contributed by atoms with Crippen molar-refractivity contribution in [2.45, 2.75) is 45.8 Å². The van der Waals surface area contributed by atoms with Gasteiger partial charge in [0.25, 0.3) is 5.56 Å². The second-order valence-electron chi connectivity index (χ2n) is 6.52. The molecule has 0 spiro atoms. The van der Waals surface area contributed by atoms with Gasteiger partial charge in [-0.05, 0) is 25.7 Å². The molecule has 1 unspecified atom stereocenters. The molecule has 118 valence electrons. The first-order valence-electron chi connectivity index (χ1n) is 7.31. The maximum absolute atomic E-state index is 12.1. The molecule has 21 heavy (non-hydrogen) atoms. The summed E-state index contributed by atoms with van der Waals surface area (Å²) in [6.45, 7) is 7.11. The van der Waals surface area contributed by atoms with Gasteiger partial charge < -0.3 is 15.7 Å². The van der Waals surface area contributed by atoms with Gasteiger partial charge in [-0.1, -0.05) is 13.8 Å². The van der Waals surface area contributed by atoms with Crippen LogP contribution < -0.4 is 21.9 Å². The molecule has 4 N–H and O–H groups in total. The number of aliphatic hydroxyl groups is 1. The summed E-state index contributed by atoms with van der Waals surface area (Å²) in [6.07, 6.45) is 1.46. The van der Waals surface area contributed by atoms with Crippen LogP contribution in [0.15, 0.2) is 9.59 Å². The Hall–Kier alpha value is -1.76. The quantitative estimate of drug-likeness (QED) is 0.735. The van der Waals surface area contributed by atoms with Crippen LogP contribution in [0, 0.1) is 5.92 Å². The summed E-state index contributed by atoms with van der Waals surface area (Å²) in [4.78, 5) is 28.2. The standard InChI is InChI=1S/C14H24N4O3/c1-9(2)7-18-11(15)10(12(19)16-13(18)20)17-6-4-5-14(3,21)8-17/h9,21H,4-8,15H2,1-3H3,(H,16,19,20). The van der Waals surface area contributed by atoms with E-state index in [4.69, 9.17) is 5.73 Å². The fourth-order valence-electron chi connectivity index (χ4n) is 2.84. The van der Waals surface area contributed by atoms with Gasteiger partial charge >= 0.3 is 5.69 Å². The molecule has 0 saturated carbocycles. The lowest BCUT2D eigenvalue weighted by Gasteiger charge is -2.38. The molecule has 0 bridgehead atoms. The van der Waals surface area contributed by atoms with Crippen LogP contribution in [0.5, 0.6) is 0 Å². The largest absolute Gasteiger partial charge is 0.388 e. The molecule has 1 fully saturated rings. The molecule has 1 aromatic heterocycles. The third kappa shape index (κ3) is 3.29. The van der Waals surface area contributed by atoms with E-state index >= 15 is 0 Å². The van der Waals surface area contributed by atoms with Gasteiger partial charge in [-0.3, -0.25) is 14.3 Å². The highest BCUT2D eigenvalue weighted by molar-refractivity contribution is 5.62. The summed E-state index contributed by atoms with van der Waals surface area (Å²) in [5.41, 5.74) is 4.53. The van der Waals surface area contributed by atoms with Crippen molar-refractivity contribution < 1.29 is 5.11 Å². The van der Waals surface area contributed by atoms with E-state index in [0.717, 1.165) is 6.42 Å². The van der Waals surface area contributed by atoms with E-state index in [1.54, 1.807) is 11.8 Å². The van der Waals surface area contributed by atoms with Crippen molar-refractivity contribution in [1.29, 1.82) is 0 Å². The molecule has 1 aliphatic rings. The van der Waals surface area contributed by atoms with E-state index in [1.807, 2.05) is 13.8 Å². The summed E-state index contributed by atoms with van der Waals surface area (Å²) in [5, 5.41) is 10.2. The maximum atomic E-state index is 12.1. The topological polar surface area (TPSA) is 104 Å². The number of aromatic amines is 1. The van der Waals surface area contributed by atoms with Gasteiger partial charge in [0.2, 0.25) is 0 Å². The highest BCUT2D eigenvalue weighted by Crippen LogP contribution is 2.26. The van der Waals surface area contributed by atoms with E-state index in [0.29, 0.717) is 26.1 Å². The van der Waals surface area contributed by atoms with Gasteiger partial charge in [0.05, 0.1) is 5.60 Å². The Labute approximate surface area is 123 Å². The van der Waals surface area contributed by atoms with Crippen LogP contribution in [0.2, 0.25) is 0 Å². The number of nitrogens with one attached hydrogen (secondary N) is 1. The Balaban J connectivity index is 2.48. The third-order valence-corrected chi connectivity index (χ3v) is 3.75. The smallest absolute Gasteiger partial charge is 0.330 e. The zero-order valence-electron chi connectivity index (χ0n) is 12.8. The minimum Gasteiger partial charge on any atom is -0.388 e. The second kappa shape index (κ2) is 5.55. The number of nitrogen functional groups attached to an aromatic ring is 1. The van der Waals surface area contributed by atoms with Gasteiger partial charge in [0, 0.05) is 19.6 Å². The number of hydrogen-bond donors (Lipinski definition) is 3. The number of aromatic nitrogens is 2. The molecule has 1 saturated heterocycles. The fourth-order valence-corrected chi connectivity index (χ4v) is 2.84. The normalized spacial score (nSPS) is 22.8. The number of hydrogen-bond acceptors (Lipinski definition) is 5. The van der Waals surface area contributed by atoms with Crippen LogP contribution >= 0.6 is 0 Å². The molecule has 1 aliphatic heterocycles. The minimum absolute atomic E-state index is 0.176. The van der Waals surface area contributed by atoms with Crippen molar-refractivity contribution >= 4 is 11.5 Å². The van der Waals surface area contributed by atoms with E-state index < -0.39 is 16.9 Å². The van der Waals surface area contributed by atoms with Crippen LogP contribution in [0.25, 0.3) is 0 Å². The van der Waals surface area contributed by atoms with E-state index in [1.165, 1.54) is 4.57 Å². The molecule has 7 nitrogen and oxygen atoms in total. The molecule has 0 aromatic carbocycles. The first-order valence-corrected chi connectivity index (χ1v) is 7.31. The van der Waals surface area contributed by atoms with Crippen molar-refractivity contribution in [1.82, 2.24) is 9.55 Å².